The van der Waals surface area contributed by atoms with Crippen molar-refractivity contribution in [3.8, 4) is 0 Å². The molecule has 0 atom stereocenters. The molecule has 0 spiro atoms. The third-order valence-corrected chi connectivity index (χ3v) is 2.98. The van der Waals surface area contributed by atoms with Gasteiger partial charge in [0.25, 0.3) is 0 Å². The summed E-state index contributed by atoms with van der Waals surface area (Å²) in [5, 5.41) is 13.5. The Bertz CT molecular complexity index is 645. The van der Waals surface area contributed by atoms with E-state index in [1.165, 1.54) is 6.07 Å². The molecule has 0 fully saturated rings. The third kappa shape index (κ3) is 5.31. The molecule has 1 heterocycles. The minimum absolute atomic E-state index is 0.0140. The molecule has 10 nitrogen and oxygen atoms in total. The number of pyridine rings is 1. The number of hydrogen-bond acceptors (Lipinski definition) is 8. The molecule has 0 amide bonds. The highest BCUT2D eigenvalue weighted by atomic mass is 32.2. The molecule has 0 saturated heterocycles. The molecule has 116 valence electrons. The minimum atomic E-state index is -3.35. The lowest BCUT2D eigenvalue weighted by molar-refractivity contribution is -0.384. The van der Waals surface area contributed by atoms with Crippen LogP contribution in [0.2, 0.25) is 0 Å². The van der Waals surface area contributed by atoms with E-state index in [1.54, 1.807) is 0 Å². The van der Waals surface area contributed by atoms with Gasteiger partial charge >= 0.3 is 11.7 Å². The summed E-state index contributed by atoms with van der Waals surface area (Å²) in [4.78, 5) is 25.3. The van der Waals surface area contributed by atoms with Crippen molar-refractivity contribution < 1.29 is 22.9 Å². The largest absolute Gasteiger partial charge is 0.464 e. The number of aromatic nitrogens is 1. The van der Waals surface area contributed by atoms with Gasteiger partial charge in [0.2, 0.25) is 15.8 Å². The molecule has 2 N–H and O–H groups in total. The number of carbonyl (C=O) groups is 1. The molecule has 1 aromatic rings. The highest BCUT2D eigenvalue weighted by molar-refractivity contribution is 7.88. The molecule has 1 aromatic heterocycles. The maximum absolute atomic E-state index is 11.3. The summed E-state index contributed by atoms with van der Waals surface area (Å²) >= 11 is 0. The second-order valence-corrected chi connectivity index (χ2v) is 5.74. The quantitative estimate of drug-likeness (QED) is 0.303. The van der Waals surface area contributed by atoms with Gasteiger partial charge in [-0.2, -0.15) is 0 Å². The van der Waals surface area contributed by atoms with Gasteiger partial charge in [0.05, 0.1) is 18.3 Å². The Balaban J connectivity index is 2.86. The monoisotopic (exact) mass is 318 g/mol. The van der Waals surface area contributed by atoms with Crippen LogP contribution >= 0.6 is 0 Å². The van der Waals surface area contributed by atoms with E-state index in [2.05, 4.69) is 19.8 Å². The second-order valence-electron chi connectivity index (χ2n) is 3.91. The molecule has 0 bridgehead atoms. The fourth-order valence-corrected chi connectivity index (χ4v) is 1.84. The van der Waals surface area contributed by atoms with Crippen LogP contribution in [-0.2, 0) is 14.8 Å². The first kappa shape index (κ1) is 16.8. The predicted octanol–water partition coefficient (Wildman–Crippen LogP) is -0.262. The lowest BCUT2D eigenvalue weighted by Crippen LogP contribution is -2.28. The summed E-state index contributed by atoms with van der Waals surface area (Å²) in [6, 6.07) is 2.29. The van der Waals surface area contributed by atoms with Crippen LogP contribution in [0.1, 0.15) is 10.5 Å². The Hall–Kier alpha value is -2.27. The van der Waals surface area contributed by atoms with E-state index < -0.39 is 20.9 Å². The molecule has 11 heteroatoms. The number of esters is 1. The third-order valence-electron chi connectivity index (χ3n) is 2.25. The van der Waals surface area contributed by atoms with Gasteiger partial charge in [-0.15, -0.1) is 0 Å². The first-order valence-corrected chi connectivity index (χ1v) is 7.56. The summed E-state index contributed by atoms with van der Waals surface area (Å²) in [5.74, 6) is -0.875. The van der Waals surface area contributed by atoms with Crippen LogP contribution in [0.25, 0.3) is 0 Å². The number of hydrogen-bond donors (Lipinski definition) is 2. The Kier molecular flexibility index (Phi) is 5.55. The van der Waals surface area contributed by atoms with E-state index in [0.717, 1.165) is 19.4 Å². The summed E-state index contributed by atoms with van der Waals surface area (Å²) in [7, 11) is -2.19. The van der Waals surface area contributed by atoms with E-state index in [-0.39, 0.29) is 30.3 Å². The van der Waals surface area contributed by atoms with Crippen LogP contribution < -0.4 is 10.0 Å². The van der Waals surface area contributed by atoms with Crippen molar-refractivity contribution in [2.75, 3.05) is 31.8 Å². The lowest BCUT2D eigenvalue weighted by Gasteiger charge is -2.07. The Morgan fingerprint density at radius 2 is 2.10 bits per heavy atom. The van der Waals surface area contributed by atoms with Gasteiger partial charge in [-0.25, -0.2) is 22.9 Å². The van der Waals surface area contributed by atoms with Crippen molar-refractivity contribution in [2.45, 2.75) is 0 Å². The Morgan fingerprint density at radius 3 is 2.62 bits per heavy atom. The smallest absolute Gasteiger partial charge is 0.356 e. The molecule has 0 unspecified atom stereocenters. The van der Waals surface area contributed by atoms with Gasteiger partial charge in [-0.05, 0) is 6.07 Å². The summed E-state index contributed by atoms with van der Waals surface area (Å²) in [6.07, 6.45) is 0.992. The number of nitrogens with one attached hydrogen (secondary N) is 2. The number of nitrogens with zero attached hydrogens (tertiary/aromatic N) is 2. The van der Waals surface area contributed by atoms with Gasteiger partial charge in [0, 0.05) is 19.2 Å². The molecule has 0 aliphatic heterocycles. The van der Waals surface area contributed by atoms with Gasteiger partial charge in [0.15, 0.2) is 5.69 Å². The van der Waals surface area contributed by atoms with E-state index >= 15 is 0 Å². The first-order chi connectivity index (χ1) is 9.74. The van der Waals surface area contributed by atoms with E-state index in [1.807, 2.05) is 0 Å². The zero-order valence-corrected chi connectivity index (χ0v) is 12.1. The number of anilines is 1. The van der Waals surface area contributed by atoms with Crippen molar-refractivity contribution in [3.05, 3.63) is 27.9 Å². The number of ether oxygens (including phenoxy) is 1. The predicted molar refractivity (Wildman–Crippen MR) is 73.6 cm³/mol. The Morgan fingerprint density at radius 1 is 1.43 bits per heavy atom. The average molecular weight is 318 g/mol. The van der Waals surface area contributed by atoms with Crippen molar-refractivity contribution in [1.82, 2.24) is 9.71 Å². The van der Waals surface area contributed by atoms with Crippen LogP contribution in [0, 0.1) is 10.1 Å². The zero-order valence-electron chi connectivity index (χ0n) is 11.3. The van der Waals surface area contributed by atoms with Crippen LogP contribution in [-0.4, -0.2) is 50.7 Å². The van der Waals surface area contributed by atoms with Crippen LogP contribution in [0.15, 0.2) is 12.1 Å². The SMILES string of the molecule is COC(=O)c1ccc([N+](=O)[O-])c(NCCNS(C)(=O)=O)n1. The number of carbonyl (C=O) groups excluding carboxylic acids is 1. The summed E-state index contributed by atoms with van der Waals surface area (Å²) in [5.41, 5.74) is -0.427. The van der Waals surface area contributed by atoms with Crippen molar-refractivity contribution >= 4 is 27.5 Å². The molecule has 0 radical (unpaired) electrons. The molecule has 0 aliphatic carbocycles. The van der Waals surface area contributed by atoms with Crippen LogP contribution in [0.5, 0.6) is 0 Å². The van der Waals surface area contributed by atoms with Crippen molar-refractivity contribution in [3.63, 3.8) is 0 Å². The molecule has 0 aromatic carbocycles. The number of methoxy groups -OCH3 is 1. The highest BCUT2D eigenvalue weighted by Crippen LogP contribution is 2.22. The summed E-state index contributed by atoms with van der Waals surface area (Å²) in [6.45, 7) is 0.0751. The maximum Gasteiger partial charge on any atom is 0.356 e. The topological polar surface area (TPSA) is 141 Å². The fourth-order valence-electron chi connectivity index (χ4n) is 1.36. The number of rotatable bonds is 7. The maximum atomic E-state index is 11.3. The van der Waals surface area contributed by atoms with Crippen molar-refractivity contribution in [1.29, 1.82) is 0 Å². The first-order valence-electron chi connectivity index (χ1n) is 5.67. The zero-order chi connectivity index (χ0) is 16.0. The van der Waals surface area contributed by atoms with Crippen LogP contribution in [0.3, 0.4) is 0 Å². The minimum Gasteiger partial charge on any atom is -0.464 e. The van der Waals surface area contributed by atoms with Gasteiger partial charge in [-0.1, -0.05) is 0 Å². The van der Waals surface area contributed by atoms with E-state index in [0.29, 0.717) is 0 Å². The number of nitro groups is 1. The normalized spacial score (nSPS) is 11.0. The second kappa shape index (κ2) is 6.95. The molecular formula is C10H14N4O6S. The molecule has 0 saturated carbocycles. The molecular weight excluding hydrogens is 304 g/mol. The lowest BCUT2D eigenvalue weighted by atomic mass is 10.3. The summed E-state index contributed by atoms with van der Waals surface area (Å²) < 4.78 is 28.4. The fraction of sp³-hybridized carbons (Fsp3) is 0.400. The number of sulfonamides is 1. The standard InChI is InChI=1S/C10H14N4O6S/c1-20-10(15)7-3-4-8(14(16)17)9(13-7)11-5-6-12-21(2,18)19/h3-4,12H,5-6H2,1-2H3,(H,11,13). The van der Waals surface area contributed by atoms with Crippen molar-refractivity contribution in [2.24, 2.45) is 0 Å². The molecule has 21 heavy (non-hydrogen) atoms. The molecule has 1 rings (SSSR count). The van der Waals surface area contributed by atoms with Gasteiger partial charge in [-0.3, -0.25) is 10.1 Å². The average Bonchev–Trinajstić information content (AvgIpc) is 2.41. The highest BCUT2D eigenvalue weighted by Gasteiger charge is 2.18. The van der Waals surface area contributed by atoms with E-state index in [4.69, 9.17) is 0 Å². The Labute approximate surface area is 120 Å². The van der Waals surface area contributed by atoms with Crippen LogP contribution in [0.4, 0.5) is 11.5 Å². The van der Waals surface area contributed by atoms with Gasteiger partial charge in [0.1, 0.15) is 0 Å². The van der Waals surface area contributed by atoms with Gasteiger partial charge < -0.3 is 10.1 Å². The van der Waals surface area contributed by atoms with E-state index in [9.17, 15) is 23.3 Å². The molecule has 0 aliphatic rings.